The van der Waals surface area contributed by atoms with E-state index in [2.05, 4.69) is 20.8 Å². The average Bonchev–Trinajstić information content (AvgIpc) is 3.40. The molecule has 2 N–H and O–H groups in total. The molecule has 1 heterocycles. The lowest BCUT2D eigenvalue weighted by Crippen LogP contribution is -2.17. The van der Waals surface area contributed by atoms with Crippen LogP contribution in [0.3, 0.4) is 0 Å². The fraction of sp³-hybridized carbons (Fsp3) is 0.222. The summed E-state index contributed by atoms with van der Waals surface area (Å²) in [5, 5.41) is 12.4. The Labute approximate surface area is 159 Å². The highest BCUT2D eigenvalue weighted by atomic mass is 35.5. The maximum absolute atomic E-state index is 12.7. The monoisotopic (exact) mass is 385 g/mol. The Bertz CT molecular complexity index is 1020. The number of anilines is 1. The highest BCUT2D eigenvalue weighted by Crippen LogP contribution is 2.32. The predicted octanol–water partition coefficient (Wildman–Crippen LogP) is 2.65. The van der Waals surface area contributed by atoms with Gasteiger partial charge in [0.15, 0.2) is 0 Å². The summed E-state index contributed by atoms with van der Waals surface area (Å²) in [6.45, 7) is 0.585. The van der Waals surface area contributed by atoms with E-state index in [4.69, 9.17) is 16.3 Å². The molecule has 0 atom stereocenters. The molecule has 0 radical (unpaired) electrons. The Morgan fingerprint density at radius 3 is 2.70 bits per heavy atom. The Morgan fingerprint density at radius 1 is 1.26 bits per heavy atom. The number of hydrogen-bond donors (Lipinski definition) is 2. The summed E-state index contributed by atoms with van der Waals surface area (Å²) in [5.74, 6) is 0.669. The molecule has 1 aliphatic rings. The lowest BCUT2D eigenvalue weighted by molar-refractivity contribution is 0.102. The quantitative estimate of drug-likeness (QED) is 0.679. The number of tetrazole rings is 1. The molecule has 27 heavy (non-hydrogen) atoms. The van der Waals surface area contributed by atoms with Gasteiger partial charge in [-0.05, 0) is 65.6 Å². The third-order valence-corrected chi connectivity index (χ3v) is 4.53. The molecule has 9 heteroatoms. The number of nitrogens with one attached hydrogen (secondary N) is 2. The number of H-pyrrole nitrogens is 1. The zero-order chi connectivity index (χ0) is 18.8. The van der Waals surface area contributed by atoms with Gasteiger partial charge in [-0.15, -0.1) is 0 Å². The Balaban J connectivity index is 1.52. The van der Waals surface area contributed by atoms with E-state index in [1.165, 1.54) is 0 Å². The summed E-state index contributed by atoms with van der Waals surface area (Å²) < 4.78 is 6.89. The summed E-state index contributed by atoms with van der Waals surface area (Å²) >= 11 is 6.23. The number of hydrogen-bond acceptors (Lipinski definition) is 5. The van der Waals surface area contributed by atoms with Crippen LogP contribution in [0.2, 0.25) is 5.02 Å². The number of amides is 1. The summed E-state index contributed by atoms with van der Waals surface area (Å²) in [5.41, 5.74) is 0.934. The molecule has 1 aromatic heterocycles. The SMILES string of the molecule is O=C(Nc1ccc(-n2nn[nH]c2=O)cc1)c1c(Cl)cccc1OCC1CC1. The van der Waals surface area contributed by atoms with Crippen LogP contribution in [-0.4, -0.2) is 32.7 Å². The van der Waals surface area contributed by atoms with Gasteiger partial charge in [0, 0.05) is 5.69 Å². The molecule has 0 aliphatic heterocycles. The summed E-state index contributed by atoms with van der Waals surface area (Å²) in [7, 11) is 0. The molecule has 1 fully saturated rings. The van der Waals surface area contributed by atoms with Gasteiger partial charge in [0.2, 0.25) is 0 Å². The number of ether oxygens (including phenoxy) is 1. The minimum Gasteiger partial charge on any atom is -0.492 e. The number of aromatic amines is 1. The standard InChI is InChI=1S/C18H16ClN5O3/c19-14-2-1-3-15(27-10-11-4-5-11)16(14)17(25)20-12-6-8-13(9-7-12)24-18(26)21-22-23-24/h1-3,6-9,11H,4-5,10H2,(H,20,25)(H,21,23,26). The fourth-order valence-electron chi connectivity index (χ4n) is 2.58. The number of carbonyl (C=O) groups is 1. The molecule has 0 spiro atoms. The van der Waals surface area contributed by atoms with Gasteiger partial charge in [-0.3, -0.25) is 4.79 Å². The maximum atomic E-state index is 12.7. The molecule has 0 bridgehead atoms. The summed E-state index contributed by atoms with van der Waals surface area (Å²) in [6, 6.07) is 11.8. The summed E-state index contributed by atoms with van der Waals surface area (Å²) in [6.07, 6.45) is 2.31. The first-order valence-corrected chi connectivity index (χ1v) is 8.83. The normalized spacial score (nSPS) is 13.4. The van der Waals surface area contributed by atoms with Crippen LogP contribution in [0.4, 0.5) is 5.69 Å². The van der Waals surface area contributed by atoms with Gasteiger partial charge in [-0.1, -0.05) is 17.7 Å². The molecular formula is C18H16ClN5O3. The van der Waals surface area contributed by atoms with Crippen molar-refractivity contribution in [3.05, 3.63) is 63.5 Å². The molecule has 4 rings (SSSR count). The number of aromatic nitrogens is 4. The molecule has 2 aromatic carbocycles. The van der Waals surface area contributed by atoms with E-state index in [-0.39, 0.29) is 5.91 Å². The number of halogens is 1. The van der Waals surface area contributed by atoms with Crippen LogP contribution in [0.15, 0.2) is 47.3 Å². The second-order valence-electron chi connectivity index (χ2n) is 6.29. The van der Waals surface area contributed by atoms with Crippen molar-refractivity contribution in [3.63, 3.8) is 0 Å². The van der Waals surface area contributed by atoms with Crippen LogP contribution < -0.4 is 15.7 Å². The van der Waals surface area contributed by atoms with Gasteiger partial charge in [0.05, 0.1) is 17.3 Å². The summed E-state index contributed by atoms with van der Waals surface area (Å²) in [4.78, 5) is 24.3. The van der Waals surface area contributed by atoms with Crippen LogP contribution in [0.25, 0.3) is 5.69 Å². The third-order valence-electron chi connectivity index (χ3n) is 4.22. The number of rotatable bonds is 6. The van der Waals surface area contributed by atoms with Gasteiger partial charge >= 0.3 is 5.69 Å². The van der Waals surface area contributed by atoms with Crippen LogP contribution in [-0.2, 0) is 0 Å². The highest BCUT2D eigenvalue weighted by Gasteiger charge is 2.24. The first-order chi connectivity index (χ1) is 13.1. The molecule has 3 aromatic rings. The zero-order valence-corrected chi connectivity index (χ0v) is 14.9. The fourth-order valence-corrected chi connectivity index (χ4v) is 2.84. The highest BCUT2D eigenvalue weighted by molar-refractivity contribution is 6.34. The first-order valence-electron chi connectivity index (χ1n) is 8.45. The largest absolute Gasteiger partial charge is 0.492 e. The van der Waals surface area contributed by atoms with Gasteiger partial charge in [-0.2, -0.15) is 4.68 Å². The number of benzene rings is 2. The maximum Gasteiger partial charge on any atom is 0.365 e. The van der Waals surface area contributed by atoms with Crippen molar-refractivity contribution in [2.45, 2.75) is 12.8 Å². The van der Waals surface area contributed by atoms with Crippen LogP contribution >= 0.6 is 11.6 Å². The van der Waals surface area contributed by atoms with E-state index in [9.17, 15) is 9.59 Å². The van der Waals surface area contributed by atoms with Crippen molar-refractivity contribution in [1.82, 2.24) is 20.2 Å². The van der Waals surface area contributed by atoms with E-state index in [1.807, 2.05) is 0 Å². The average molecular weight is 386 g/mol. The third kappa shape index (κ3) is 3.85. The van der Waals surface area contributed by atoms with Gasteiger partial charge in [0.25, 0.3) is 5.91 Å². The topological polar surface area (TPSA) is 102 Å². The second kappa shape index (κ2) is 7.24. The zero-order valence-electron chi connectivity index (χ0n) is 14.2. The molecule has 1 amide bonds. The molecule has 138 valence electrons. The molecule has 1 aliphatic carbocycles. The molecule has 0 unspecified atom stereocenters. The van der Waals surface area contributed by atoms with Crippen molar-refractivity contribution in [3.8, 4) is 11.4 Å². The molecule has 8 nitrogen and oxygen atoms in total. The van der Waals surface area contributed by atoms with Crippen LogP contribution in [0.1, 0.15) is 23.2 Å². The van der Waals surface area contributed by atoms with Crippen molar-refractivity contribution in [2.24, 2.45) is 5.92 Å². The molecular weight excluding hydrogens is 370 g/mol. The molecule has 0 saturated heterocycles. The van der Waals surface area contributed by atoms with Crippen LogP contribution in [0.5, 0.6) is 5.75 Å². The number of carbonyl (C=O) groups excluding carboxylic acids is 1. The van der Waals surface area contributed by atoms with Gasteiger partial charge < -0.3 is 10.1 Å². The van der Waals surface area contributed by atoms with E-state index >= 15 is 0 Å². The van der Waals surface area contributed by atoms with Crippen molar-refractivity contribution >= 4 is 23.2 Å². The Kier molecular flexibility index (Phi) is 4.64. The first kappa shape index (κ1) is 17.3. The van der Waals surface area contributed by atoms with Crippen molar-refractivity contribution in [1.29, 1.82) is 0 Å². The lowest BCUT2D eigenvalue weighted by atomic mass is 10.1. The van der Waals surface area contributed by atoms with Crippen molar-refractivity contribution < 1.29 is 9.53 Å². The van der Waals surface area contributed by atoms with Crippen LogP contribution in [0, 0.1) is 5.92 Å². The minimum atomic E-state index is -0.444. The van der Waals surface area contributed by atoms with E-state index < -0.39 is 5.69 Å². The van der Waals surface area contributed by atoms with E-state index in [0.717, 1.165) is 17.5 Å². The van der Waals surface area contributed by atoms with Gasteiger partial charge in [-0.25, -0.2) is 9.89 Å². The molecule has 1 saturated carbocycles. The predicted molar refractivity (Wildman–Crippen MR) is 99.6 cm³/mol. The van der Waals surface area contributed by atoms with E-state index in [1.54, 1.807) is 42.5 Å². The second-order valence-corrected chi connectivity index (χ2v) is 6.69. The minimum absolute atomic E-state index is 0.302. The number of nitrogens with zero attached hydrogens (tertiary/aromatic N) is 3. The van der Waals surface area contributed by atoms with Gasteiger partial charge in [0.1, 0.15) is 11.3 Å². The Morgan fingerprint density at radius 2 is 2.04 bits per heavy atom. The smallest absolute Gasteiger partial charge is 0.365 e. The van der Waals surface area contributed by atoms with Crippen molar-refractivity contribution in [2.75, 3.05) is 11.9 Å². The van der Waals surface area contributed by atoms with E-state index in [0.29, 0.717) is 40.2 Å². The lowest BCUT2D eigenvalue weighted by Gasteiger charge is -2.13. The Hall–Kier alpha value is -3.13.